The van der Waals surface area contributed by atoms with E-state index in [0.29, 0.717) is 28.5 Å². The lowest BCUT2D eigenvalue weighted by molar-refractivity contribution is -0.0500. The zero-order valence-electron chi connectivity index (χ0n) is 14.4. The Labute approximate surface area is 164 Å². The van der Waals surface area contributed by atoms with Crippen molar-refractivity contribution in [3.8, 4) is 5.75 Å². The standard InChI is InChI=1S/C17H14ClF3N2O4S/c1-2-26-11-22-23-16(12-3-7-14(18)8-4-12)13-5-9-15(10-6-13)27-28(24,25)17(19,20)21/h3-11H,2H2,1H3/b22-11+,23-16+. The molecule has 0 spiro atoms. The maximum atomic E-state index is 12.4. The molecule has 0 radical (unpaired) electrons. The zero-order chi connectivity index (χ0) is 20.8. The van der Waals surface area contributed by atoms with Crippen LogP contribution in [-0.4, -0.2) is 32.6 Å². The Morgan fingerprint density at radius 3 is 2.11 bits per heavy atom. The molecule has 0 fully saturated rings. The molecule has 0 aliphatic rings. The highest BCUT2D eigenvalue weighted by Crippen LogP contribution is 2.27. The van der Waals surface area contributed by atoms with Crippen molar-refractivity contribution in [3.63, 3.8) is 0 Å². The molecule has 0 unspecified atom stereocenters. The van der Waals surface area contributed by atoms with Crippen LogP contribution in [0.1, 0.15) is 18.1 Å². The van der Waals surface area contributed by atoms with Gasteiger partial charge in [0.2, 0.25) is 0 Å². The molecule has 2 aromatic rings. The van der Waals surface area contributed by atoms with Crippen LogP contribution in [0.25, 0.3) is 0 Å². The first kappa shape index (κ1) is 21.7. The number of rotatable bonds is 7. The average molecular weight is 435 g/mol. The Kier molecular flexibility index (Phi) is 7.03. The monoisotopic (exact) mass is 434 g/mol. The lowest BCUT2D eigenvalue weighted by Gasteiger charge is -2.10. The molecule has 11 heteroatoms. The maximum absolute atomic E-state index is 12.4. The highest BCUT2D eigenvalue weighted by Gasteiger charge is 2.48. The van der Waals surface area contributed by atoms with E-state index >= 15 is 0 Å². The molecular formula is C17H14ClF3N2O4S. The Morgan fingerprint density at radius 1 is 1.07 bits per heavy atom. The fraction of sp³-hybridized carbons (Fsp3) is 0.176. The number of hydrogen-bond acceptors (Lipinski definition) is 6. The summed E-state index contributed by atoms with van der Waals surface area (Å²) < 4.78 is 68.4. The Morgan fingerprint density at radius 2 is 1.61 bits per heavy atom. The molecule has 28 heavy (non-hydrogen) atoms. The van der Waals surface area contributed by atoms with Crippen LogP contribution in [0, 0.1) is 0 Å². The Balaban J connectivity index is 2.35. The minimum absolute atomic E-state index is 0.359. The largest absolute Gasteiger partial charge is 0.534 e. The van der Waals surface area contributed by atoms with Gasteiger partial charge in [-0.1, -0.05) is 23.7 Å². The van der Waals surface area contributed by atoms with Crippen molar-refractivity contribution >= 4 is 33.8 Å². The molecule has 0 bridgehead atoms. The molecule has 0 aromatic heterocycles. The fourth-order valence-electron chi connectivity index (χ4n) is 1.92. The van der Waals surface area contributed by atoms with Crippen LogP contribution in [-0.2, 0) is 14.9 Å². The summed E-state index contributed by atoms with van der Waals surface area (Å²) in [5, 5.41) is 8.34. The third kappa shape index (κ3) is 5.70. The molecule has 0 N–H and O–H groups in total. The zero-order valence-corrected chi connectivity index (χ0v) is 15.9. The number of alkyl halides is 3. The number of halogens is 4. The van der Waals surface area contributed by atoms with E-state index in [1.807, 2.05) is 0 Å². The molecule has 2 aromatic carbocycles. The number of benzene rings is 2. The molecule has 0 amide bonds. The number of ether oxygens (including phenoxy) is 1. The van der Waals surface area contributed by atoms with E-state index in [4.69, 9.17) is 16.3 Å². The molecule has 0 aliphatic heterocycles. The van der Waals surface area contributed by atoms with E-state index in [-0.39, 0.29) is 0 Å². The fourth-order valence-corrected chi connectivity index (χ4v) is 2.51. The molecule has 150 valence electrons. The molecule has 0 heterocycles. The highest BCUT2D eigenvalue weighted by molar-refractivity contribution is 7.88. The summed E-state index contributed by atoms with van der Waals surface area (Å²) in [6.45, 7) is 2.17. The third-order valence-corrected chi connectivity index (χ3v) is 4.41. The maximum Gasteiger partial charge on any atom is 0.534 e. The quantitative estimate of drug-likeness (QED) is 0.213. The summed E-state index contributed by atoms with van der Waals surface area (Å²) in [5.41, 5.74) is -4.09. The second-order valence-electron chi connectivity index (χ2n) is 5.14. The summed E-state index contributed by atoms with van der Waals surface area (Å²) in [6.07, 6.45) is 1.14. The summed E-state index contributed by atoms with van der Waals surface area (Å²) in [6, 6.07) is 11.5. The molecule has 6 nitrogen and oxygen atoms in total. The van der Waals surface area contributed by atoms with Gasteiger partial charge in [0, 0.05) is 16.1 Å². The molecule has 0 saturated heterocycles. The minimum atomic E-state index is -5.75. The second-order valence-corrected chi connectivity index (χ2v) is 7.11. The SMILES string of the molecule is CCO/C=N/N=C(\c1ccc(Cl)cc1)c1ccc(OS(=O)(=O)C(F)(F)F)cc1. The van der Waals surface area contributed by atoms with Crippen molar-refractivity contribution in [2.75, 3.05) is 6.61 Å². The van der Waals surface area contributed by atoms with E-state index < -0.39 is 21.4 Å². The van der Waals surface area contributed by atoms with Gasteiger partial charge >= 0.3 is 15.6 Å². The first-order chi connectivity index (χ1) is 13.1. The summed E-state index contributed by atoms with van der Waals surface area (Å²) in [5.74, 6) is -0.491. The summed E-state index contributed by atoms with van der Waals surface area (Å²) >= 11 is 5.87. The van der Waals surface area contributed by atoms with E-state index in [1.54, 1.807) is 31.2 Å². The van der Waals surface area contributed by atoms with E-state index in [0.717, 1.165) is 18.5 Å². The van der Waals surface area contributed by atoms with Gasteiger partial charge in [-0.05, 0) is 43.3 Å². The van der Waals surface area contributed by atoms with Crippen LogP contribution in [0.3, 0.4) is 0 Å². The smallest absolute Gasteiger partial charge is 0.482 e. The normalized spacial score (nSPS) is 13.0. The number of hydrogen-bond donors (Lipinski definition) is 0. The van der Waals surface area contributed by atoms with E-state index in [9.17, 15) is 21.6 Å². The molecular weight excluding hydrogens is 421 g/mol. The topological polar surface area (TPSA) is 77.3 Å². The van der Waals surface area contributed by atoms with Gasteiger partial charge in [-0.15, -0.1) is 10.2 Å². The number of nitrogens with zero attached hydrogens (tertiary/aromatic N) is 2. The summed E-state index contributed by atoms with van der Waals surface area (Å²) in [4.78, 5) is 0. The van der Waals surface area contributed by atoms with Gasteiger partial charge in [0.1, 0.15) is 11.5 Å². The van der Waals surface area contributed by atoms with Gasteiger partial charge in [0.25, 0.3) is 0 Å². The molecule has 0 aliphatic carbocycles. The first-order valence-electron chi connectivity index (χ1n) is 7.72. The van der Waals surface area contributed by atoms with Crippen LogP contribution >= 0.6 is 11.6 Å². The van der Waals surface area contributed by atoms with Gasteiger partial charge in [-0.3, -0.25) is 0 Å². The Bertz CT molecular complexity index is 957. The highest BCUT2D eigenvalue weighted by atomic mass is 35.5. The summed E-state index contributed by atoms with van der Waals surface area (Å²) in [7, 11) is -5.75. The van der Waals surface area contributed by atoms with Crippen LogP contribution in [0.2, 0.25) is 5.02 Å². The van der Waals surface area contributed by atoms with Gasteiger partial charge in [-0.2, -0.15) is 21.6 Å². The van der Waals surface area contributed by atoms with Crippen LogP contribution in [0.5, 0.6) is 5.75 Å². The third-order valence-electron chi connectivity index (χ3n) is 3.18. The van der Waals surface area contributed by atoms with Gasteiger partial charge in [0.05, 0.1) is 6.61 Å². The Hall–Kier alpha value is -2.59. The predicted octanol–water partition coefficient (Wildman–Crippen LogP) is 4.39. The second kappa shape index (κ2) is 9.07. The van der Waals surface area contributed by atoms with E-state index in [1.165, 1.54) is 12.1 Å². The van der Waals surface area contributed by atoms with Gasteiger partial charge in [-0.25, -0.2) is 0 Å². The van der Waals surface area contributed by atoms with Crippen LogP contribution in [0.4, 0.5) is 13.2 Å². The van der Waals surface area contributed by atoms with Crippen LogP contribution < -0.4 is 4.18 Å². The van der Waals surface area contributed by atoms with Gasteiger partial charge < -0.3 is 8.92 Å². The van der Waals surface area contributed by atoms with E-state index in [2.05, 4.69) is 14.4 Å². The van der Waals surface area contributed by atoms with Crippen LogP contribution in [0.15, 0.2) is 58.7 Å². The van der Waals surface area contributed by atoms with Crippen molar-refractivity contribution in [3.05, 3.63) is 64.7 Å². The van der Waals surface area contributed by atoms with Crippen molar-refractivity contribution < 1.29 is 30.5 Å². The lowest BCUT2D eigenvalue weighted by Crippen LogP contribution is -2.28. The van der Waals surface area contributed by atoms with Crippen molar-refractivity contribution in [1.29, 1.82) is 0 Å². The van der Waals surface area contributed by atoms with Crippen molar-refractivity contribution in [2.24, 2.45) is 10.2 Å². The van der Waals surface area contributed by atoms with Gasteiger partial charge in [0.15, 0.2) is 6.40 Å². The minimum Gasteiger partial charge on any atom is -0.482 e. The molecule has 2 rings (SSSR count). The molecule has 0 atom stereocenters. The van der Waals surface area contributed by atoms with Crippen molar-refractivity contribution in [1.82, 2.24) is 0 Å². The predicted molar refractivity (Wildman–Crippen MR) is 99.3 cm³/mol. The first-order valence-corrected chi connectivity index (χ1v) is 9.51. The lowest BCUT2D eigenvalue weighted by atomic mass is 10.0. The van der Waals surface area contributed by atoms with Crippen molar-refractivity contribution in [2.45, 2.75) is 12.4 Å². The molecule has 0 saturated carbocycles. The average Bonchev–Trinajstić information content (AvgIpc) is 2.63.